The molecule has 24 heavy (non-hydrogen) atoms. The van der Waals surface area contributed by atoms with Crippen LogP contribution >= 0.6 is 15.9 Å². The van der Waals surface area contributed by atoms with Crippen LogP contribution in [0.2, 0.25) is 0 Å². The highest BCUT2D eigenvalue weighted by Crippen LogP contribution is 2.23. The molecule has 7 heteroatoms. The maximum atomic E-state index is 13.4. The second-order valence-electron chi connectivity index (χ2n) is 5.96. The molecule has 134 valence electrons. The van der Waals surface area contributed by atoms with Crippen LogP contribution in [0.15, 0.2) is 27.7 Å². The average Bonchev–Trinajstić information content (AvgIpc) is 2.60. The van der Waals surface area contributed by atoms with Crippen LogP contribution in [0.25, 0.3) is 0 Å². The summed E-state index contributed by atoms with van der Waals surface area (Å²) >= 11 is 3.43. The van der Waals surface area contributed by atoms with Crippen molar-refractivity contribution in [3.8, 4) is 0 Å². The van der Waals surface area contributed by atoms with Crippen LogP contribution in [0.5, 0.6) is 0 Å². The van der Waals surface area contributed by atoms with E-state index < -0.39 is 10.8 Å². The van der Waals surface area contributed by atoms with Crippen molar-refractivity contribution in [3.05, 3.63) is 34.1 Å². The molecule has 1 fully saturated rings. The van der Waals surface area contributed by atoms with Crippen LogP contribution < -0.4 is 10.6 Å². The van der Waals surface area contributed by atoms with Crippen molar-refractivity contribution in [3.63, 3.8) is 0 Å². The molecule has 3 atom stereocenters. The average molecular weight is 418 g/mol. The Labute approximate surface area is 154 Å². The van der Waals surface area contributed by atoms with Gasteiger partial charge in [0.2, 0.25) is 0 Å². The zero-order valence-electron chi connectivity index (χ0n) is 14.1. The van der Waals surface area contributed by atoms with Gasteiger partial charge in [-0.3, -0.25) is 9.20 Å². The number of halogens is 2. The molecule has 0 aromatic heterocycles. The smallest absolute Gasteiger partial charge is 0.191 e. The maximum Gasteiger partial charge on any atom is 0.191 e. The molecule has 0 radical (unpaired) electrons. The molecular formula is C17H25BrFN3OS. The third-order valence-electron chi connectivity index (χ3n) is 4.30. The molecule has 1 aromatic rings. The predicted octanol–water partition coefficient (Wildman–Crippen LogP) is 3.33. The number of nitrogens with zero attached hydrogens (tertiary/aromatic N) is 1. The Balaban J connectivity index is 1.90. The zero-order valence-corrected chi connectivity index (χ0v) is 16.6. The van der Waals surface area contributed by atoms with E-state index in [1.165, 1.54) is 12.1 Å². The fourth-order valence-corrected chi connectivity index (χ4v) is 4.73. The summed E-state index contributed by atoms with van der Waals surface area (Å²) in [4.78, 5) is 4.25. The highest BCUT2D eigenvalue weighted by Gasteiger charge is 2.26. The van der Waals surface area contributed by atoms with E-state index in [4.69, 9.17) is 0 Å². The first kappa shape index (κ1) is 19.4. The monoisotopic (exact) mass is 417 g/mol. The number of guanidine groups is 1. The van der Waals surface area contributed by atoms with E-state index in [0.717, 1.165) is 41.5 Å². The van der Waals surface area contributed by atoms with Crippen LogP contribution in [0.1, 0.15) is 38.2 Å². The molecular weight excluding hydrogens is 393 g/mol. The Hall–Kier alpha value is -0.950. The highest BCUT2D eigenvalue weighted by molar-refractivity contribution is 9.10. The first-order valence-corrected chi connectivity index (χ1v) is 10.5. The summed E-state index contributed by atoms with van der Waals surface area (Å²) < 4.78 is 26.3. The SMILES string of the molecule is CCS(=O)C1CCCC(NC(=NC)NCc2cc(F)ccc2Br)C1. The van der Waals surface area contributed by atoms with Crippen LogP contribution in [0.3, 0.4) is 0 Å². The molecule has 0 spiro atoms. The van der Waals surface area contributed by atoms with Gasteiger partial charge >= 0.3 is 0 Å². The fourth-order valence-electron chi connectivity index (χ4n) is 3.00. The van der Waals surface area contributed by atoms with Crippen LogP contribution in [0, 0.1) is 5.82 Å². The zero-order chi connectivity index (χ0) is 17.5. The van der Waals surface area contributed by atoms with Gasteiger partial charge in [-0.1, -0.05) is 29.3 Å². The standard InChI is InChI=1S/C17H25BrFN3OS/c1-3-24(23)15-6-4-5-14(10-15)22-17(20-2)21-11-12-9-13(19)7-8-16(12)18/h7-9,14-15H,3-6,10-11H2,1-2H3,(H2,20,21,22). The van der Waals surface area contributed by atoms with E-state index in [2.05, 4.69) is 31.6 Å². The third kappa shape index (κ3) is 5.55. The molecule has 4 nitrogen and oxygen atoms in total. The summed E-state index contributed by atoms with van der Waals surface area (Å²) in [6.07, 6.45) is 4.09. The Morgan fingerprint density at radius 3 is 2.96 bits per heavy atom. The van der Waals surface area contributed by atoms with E-state index in [1.807, 2.05) is 6.92 Å². The highest BCUT2D eigenvalue weighted by atomic mass is 79.9. The number of rotatable bonds is 5. The minimum Gasteiger partial charge on any atom is -0.354 e. The summed E-state index contributed by atoms with van der Waals surface area (Å²) in [5.74, 6) is 1.16. The Kier molecular flexibility index (Phi) is 7.68. The lowest BCUT2D eigenvalue weighted by Gasteiger charge is -2.30. The van der Waals surface area contributed by atoms with Gasteiger partial charge in [-0.05, 0) is 43.0 Å². The summed E-state index contributed by atoms with van der Waals surface area (Å²) in [5, 5.41) is 6.91. The predicted molar refractivity (Wildman–Crippen MR) is 102 cm³/mol. The molecule has 1 aliphatic carbocycles. The normalized spacial score (nSPS) is 22.9. The summed E-state index contributed by atoms with van der Waals surface area (Å²) in [6.45, 7) is 2.46. The van der Waals surface area contributed by atoms with Crippen LogP contribution in [-0.2, 0) is 17.3 Å². The minimum atomic E-state index is -0.738. The second kappa shape index (κ2) is 9.51. The molecule has 1 aliphatic rings. The summed E-state index contributed by atoms with van der Waals surface area (Å²) in [6, 6.07) is 4.91. The molecule has 3 unspecified atom stereocenters. The van der Waals surface area contributed by atoms with Crippen LogP contribution in [0.4, 0.5) is 4.39 Å². The molecule has 2 N–H and O–H groups in total. The van der Waals surface area contributed by atoms with Crippen molar-refractivity contribution in [2.45, 2.75) is 50.4 Å². The van der Waals surface area contributed by atoms with Gasteiger partial charge in [0.1, 0.15) is 5.82 Å². The van der Waals surface area contributed by atoms with Crippen molar-refractivity contribution in [2.75, 3.05) is 12.8 Å². The van der Waals surface area contributed by atoms with Crippen molar-refractivity contribution >= 4 is 32.7 Å². The molecule has 1 saturated carbocycles. The number of aliphatic imine (C=N–C) groups is 1. The second-order valence-corrected chi connectivity index (χ2v) is 8.82. The molecule has 0 amide bonds. The molecule has 0 heterocycles. The minimum absolute atomic E-state index is 0.255. The Bertz CT molecular complexity index is 611. The lowest BCUT2D eigenvalue weighted by Crippen LogP contribution is -2.46. The maximum absolute atomic E-state index is 13.4. The quantitative estimate of drug-likeness (QED) is 0.570. The molecule has 0 aliphatic heterocycles. The topological polar surface area (TPSA) is 53.5 Å². The van der Waals surface area contributed by atoms with Gasteiger partial charge in [0.05, 0.1) is 0 Å². The van der Waals surface area contributed by atoms with E-state index >= 15 is 0 Å². The van der Waals surface area contributed by atoms with Gasteiger partial charge in [-0.25, -0.2) is 4.39 Å². The Morgan fingerprint density at radius 1 is 1.46 bits per heavy atom. The van der Waals surface area contributed by atoms with Gasteiger partial charge in [0, 0.05) is 45.9 Å². The van der Waals surface area contributed by atoms with Crippen molar-refractivity contribution in [2.24, 2.45) is 4.99 Å². The molecule has 1 aromatic carbocycles. The lowest BCUT2D eigenvalue weighted by atomic mass is 9.95. The van der Waals surface area contributed by atoms with Gasteiger partial charge in [0.25, 0.3) is 0 Å². The third-order valence-corrected chi connectivity index (χ3v) is 6.82. The van der Waals surface area contributed by atoms with Gasteiger partial charge in [-0.15, -0.1) is 0 Å². The largest absolute Gasteiger partial charge is 0.354 e. The molecule has 0 bridgehead atoms. The van der Waals surface area contributed by atoms with Crippen molar-refractivity contribution in [1.82, 2.24) is 10.6 Å². The number of benzene rings is 1. The van der Waals surface area contributed by atoms with Crippen molar-refractivity contribution in [1.29, 1.82) is 0 Å². The van der Waals surface area contributed by atoms with Crippen LogP contribution in [-0.4, -0.2) is 34.3 Å². The lowest BCUT2D eigenvalue weighted by molar-refractivity contribution is 0.413. The van der Waals surface area contributed by atoms with Crippen molar-refractivity contribution < 1.29 is 8.60 Å². The number of hydrogen-bond donors (Lipinski definition) is 2. The Morgan fingerprint density at radius 2 is 2.25 bits per heavy atom. The van der Waals surface area contributed by atoms with Gasteiger partial charge in [-0.2, -0.15) is 0 Å². The summed E-state index contributed by atoms with van der Waals surface area (Å²) in [5.41, 5.74) is 0.839. The number of nitrogens with one attached hydrogen (secondary N) is 2. The molecule has 2 rings (SSSR count). The molecule has 0 saturated heterocycles. The van der Waals surface area contributed by atoms with Gasteiger partial charge in [0.15, 0.2) is 5.96 Å². The first-order chi connectivity index (χ1) is 11.5. The van der Waals surface area contributed by atoms with E-state index in [0.29, 0.717) is 12.5 Å². The fraction of sp³-hybridized carbons (Fsp3) is 0.588. The summed E-state index contributed by atoms with van der Waals surface area (Å²) in [7, 11) is 0.984. The van der Waals surface area contributed by atoms with E-state index in [-0.39, 0.29) is 17.1 Å². The van der Waals surface area contributed by atoms with E-state index in [9.17, 15) is 8.60 Å². The van der Waals surface area contributed by atoms with E-state index in [1.54, 1.807) is 13.1 Å². The first-order valence-electron chi connectivity index (χ1n) is 8.31. The van der Waals surface area contributed by atoms with Gasteiger partial charge < -0.3 is 10.6 Å². The number of hydrogen-bond acceptors (Lipinski definition) is 2.